The summed E-state index contributed by atoms with van der Waals surface area (Å²) in [6.45, 7) is 2.54. The van der Waals surface area contributed by atoms with E-state index < -0.39 is 24.2 Å². The van der Waals surface area contributed by atoms with Crippen LogP contribution in [-0.2, 0) is 20.9 Å². The summed E-state index contributed by atoms with van der Waals surface area (Å²) < 4.78 is 10.4. The fraction of sp³-hybridized carbons (Fsp3) is 0.529. The molecule has 0 saturated carbocycles. The number of aliphatic hydroxyl groups is 1. The summed E-state index contributed by atoms with van der Waals surface area (Å²) in [7, 11) is 0. The molecular formula is C17H23NO5. The lowest BCUT2D eigenvalue weighted by Gasteiger charge is -2.22. The molecule has 1 aromatic rings. The molecule has 126 valence electrons. The van der Waals surface area contributed by atoms with Crippen LogP contribution in [-0.4, -0.2) is 47.4 Å². The molecule has 1 aliphatic heterocycles. The molecule has 1 N–H and O–H groups in total. The highest BCUT2D eigenvalue weighted by Crippen LogP contribution is 2.21. The average molecular weight is 321 g/mol. The number of amides is 1. The molecule has 0 aromatic heterocycles. The number of aliphatic hydroxyl groups excluding tert-OH is 1. The first kappa shape index (κ1) is 17.3. The van der Waals surface area contributed by atoms with Crippen molar-refractivity contribution in [2.24, 2.45) is 0 Å². The largest absolute Gasteiger partial charge is 0.464 e. The molecule has 0 spiro atoms. The normalized spacial score (nSPS) is 20.3. The van der Waals surface area contributed by atoms with Crippen molar-refractivity contribution in [2.45, 2.75) is 44.9 Å². The van der Waals surface area contributed by atoms with Gasteiger partial charge in [-0.05, 0) is 12.0 Å². The maximum absolute atomic E-state index is 12.2. The Morgan fingerprint density at radius 3 is 2.70 bits per heavy atom. The van der Waals surface area contributed by atoms with Crippen LogP contribution in [0.15, 0.2) is 30.3 Å². The van der Waals surface area contributed by atoms with Crippen LogP contribution in [0.5, 0.6) is 0 Å². The Morgan fingerprint density at radius 2 is 2.00 bits per heavy atom. The van der Waals surface area contributed by atoms with Gasteiger partial charge in [0.15, 0.2) is 0 Å². The second-order valence-electron chi connectivity index (χ2n) is 5.62. The van der Waals surface area contributed by atoms with Gasteiger partial charge in [0.1, 0.15) is 12.6 Å². The number of ether oxygens (including phenoxy) is 2. The van der Waals surface area contributed by atoms with Crippen molar-refractivity contribution >= 4 is 12.1 Å². The van der Waals surface area contributed by atoms with Gasteiger partial charge < -0.3 is 14.6 Å². The van der Waals surface area contributed by atoms with Crippen molar-refractivity contribution in [1.82, 2.24) is 4.90 Å². The van der Waals surface area contributed by atoms with Crippen molar-refractivity contribution < 1.29 is 24.2 Å². The molecule has 0 aliphatic carbocycles. The second kappa shape index (κ2) is 8.53. The van der Waals surface area contributed by atoms with Crippen LogP contribution in [0, 0.1) is 0 Å². The first-order chi connectivity index (χ1) is 11.1. The Hall–Kier alpha value is -2.08. The van der Waals surface area contributed by atoms with Crippen LogP contribution in [0.1, 0.15) is 31.7 Å². The number of nitrogens with zero attached hydrogens (tertiary/aromatic N) is 1. The fourth-order valence-electron chi connectivity index (χ4n) is 2.45. The summed E-state index contributed by atoms with van der Waals surface area (Å²) in [5, 5.41) is 9.77. The highest BCUT2D eigenvalue weighted by Gasteiger charge is 2.40. The van der Waals surface area contributed by atoms with Crippen molar-refractivity contribution in [2.75, 3.05) is 13.2 Å². The van der Waals surface area contributed by atoms with Crippen LogP contribution in [0.3, 0.4) is 0 Å². The molecule has 1 saturated heterocycles. The van der Waals surface area contributed by atoms with E-state index in [0.29, 0.717) is 6.61 Å². The average Bonchev–Trinajstić information content (AvgIpc) is 2.96. The number of benzene rings is 1. The first-order valence-corrected chi connectivity index (χ1v) is 7.93. The Balaban J connectivity index is 1.90. The number of esters is 1. The molecule has 1 aliphatic rings. The van der Waals surface area contributed by atoms with Crippen LogP contribution >= 0.6 is 0 Å². The van der Waals surface area contributed by atoms with Crippen LogP contribution in [0.2, 0.25) is 0 Å². The molecule has 2 rings (SSSR count). The van der Waals surface area contributed by atoms with E-state index in [9.17, 15) is 14.7 Å². The molecule has 23 heavy (non-hydrogen) atoms. The molecular weight excluding hydrogens is 298 g/mol. The zero-order chi connectivity index (χ0) is 16.7. The highest BCUT2D eigenvalue weighted by molar-refractivity contribution is 5.82. The number of β-amino-alcohol motifs (C(OH)–C–C–N with tert-alkyl or cyclic N) is 1. The maximum atomic E-state index is 12.2. The minimum absolute atomic E-state index is 0.0845. The summed E-state index contributed by atoms with van der Waals surface area (Å²) in [6.07, 6.45) is 0.541. The van der Waals surface area contributed by atoms with Gasteiger partial charge in [0.05, 0.1) is 19.3 Å². The predicted octanol–water partition coefficient (Wildman–Crippen LogP) is 2.10. The highest BCUT2D eigenvalue weighted by atomic mass is 16.6. The molecule has 6 nitrogen and oxygen atoms in total. The fourth-order valence-corrected chi connectivity index (χ4v) is 2.45. The predicted molar refractivity (Wildman–Crippen MR) is 83.6 cm³/mol. The monoisotopic (exact) mass is 321 g/mol. The van der Waals surface area contributed by atoms with E-state index in [1.165, 1.54) is 4.90 Å². The van der Waals surface area contributed by atoms with E-state index in [1.807, 2.05) is 37.3 Å². The number of carbonyl (C=O) groups is 2. The zero-order valence-corrected chi connectivity index (χ0v) is 13.3. The Bertz CT molecular complexity index is 519. The summed E-state index contributed by atoms with van der Waals surface area (Å²) in [5.74, 6) is -0.480. The third kappa shape index (κ3) is 4.96. The van der Waals surface area contributed by atoms with Crippen molar-refractivity contribution in [3.8, 4) is 0 Å². The van der Waals surface area contributed by atoms with Crippen molar-refractivity contribution in [3.63, 3.8) is 0 Å². The molecule has 6 heteroatoms. The van der Waals surface area contributed by atoms with E-state index in [-0.39, 0.29) is 19.6 Å². The van der Waals surface area contributed by atoms with Gasteiger partial charge in [-0.3, -0.25) is 4.90 Å². The van der Waals surface area contributed by atoms with E-state index in [1.54, 1.807) is 0 Å². The number of unbranched alkanes of at least 4 members (excludes halogenated alkanes) is 1. The summed E-state index contributed by atoms with van der Waals surface area (Å²) >= 11 is 0. The quantitative estimate of drug-likeness (QED) is 0.641. The van der Waals surface area contributed by atoms with Gasteiger partial charge in [-0.15, -0.1) is 0 Å². The van der Waals surface area contributed by atoms with Gasteiger partial charge in [0, 0.05) is 6.42 Å². The number of hydrogen-bond donors (Lipinski definition) is 1. The van der Waals surface area contributed by atoms with Gasteiger partial charge >= 0.3 is 12.1 Å². The smallest absolute Gasteiger partial charge is 0.410 e. The van der Waals surface area contributed by atoms with Crippen LogP contribution in [0.4, 0.5) is 4.79 Å². The minimum atomic E-state index is -0.773. The molecule has 1 amide bonds. The Morgan fingerprint density at radius 1 is 1.26 bits per heavy atom. The zero-order valence-electron chi connectivity index (χ0n) is 13.3. The third-order valence-electron chi connectivity index (χ3n) is 3.73. The van der Waals surface area contributed by atoms with E-state index >= 15 is 0 Å². The Kier molecular flexibility index (Phi) is 6.40. The van der Waals surface area contributed by atoms with Crippen molar-refractivity contribution in [3.05, 3.63) is 35.9 Å². The third-order valence-corrected chi connectivity index (χ3v) is 3.73. The van der Waals surface area contributed by atoms with Crippen LogP contribution < -0.4 is 0 Å². The van der Waals surface area contributed by atoms with E-state index in [4.69, 9.17) is 9.47 Å². The lowest BCUT2D eigenvalue weighted by molar-refractivity contribution is -0.148. The minimum Gasteiger partial charge on any atom is -0.464 e. The SMILES string of the molecule is CCCCOC(=O)[C@@H]1C[C@@H](O)CN1C(=O)OCc1ccccc1. The number of rotatable bonds is 6. The molecule has 1 aromatic carbocycles. The van der Waals surface area contributed by atoms with Gasteiger partial charge in [-0.2, -0.15) is 0 Å². The summed E-state index contributed by atoms with van der Waals surface area (Å²) in [5.41, 5.74) is 0.864. The van der Waals surface area contributed by atoms with Crippen molar-refractivity contribution in [1.29, 1.82) is 0 Å². The summed E-state index contributed by atoms with van der Waals surface area (Å²) in [4.78, 5) is 25.5. The number of hydrogen-bond acceptors (Lipinski definition) is 5. The van der Waals surface area contributed by atoms with E-state index in [0.717, 1.165) is 18.4 Å². The van der Waals surface area contributed by atoms with E-state index in [2.05, 4.69) is 0 Å². The number of likely N-dealkylation sites (tertiary alicyclic amines) is 1. The molecule has 0 bridgehead atoms. The lowest BCUT2D eigenvalue weighted by atomic mass is 10.2. The molecule has 0 unspecified atom stereocenters. The molecule has 2 atom stereocenters. The van der Waals surface area contributed by atoms with Gasteiger partial charge in [-0.25, -0.2) is 9.59 Å². The molecule has 1 fully saturated rings. The molecule has 0 radical (unpaired) electrons. The Labute approximate surface area is 136 Å². The summed E-state index contributed by atoms with van der Waals surface area (Å²) in [6, 6.07) is 8.52. The number of carbonyl (C=O) groups excluding carboxylic acids is 2. The van der Waals surface area contributed by atoms with Gasteiger partial charge in [-0.1, -0.05) is 43.7 Å². The first-order valence-electron chi connectivity index (χ1n) is 7.93. The maximum Gasteiger partial charge on any atom is 0.410 e. The van der Waals surface area contributed by atoms with Gasteiger partial charge in [0.2, 0.25) is 0 Å². The second-order valence-corrected chi connectivity index (χ2v) is 5.62. The standard InChI is InChI=1S/C17H23NO5/c1-2-3-9-22-16(20)15-10-14(19)11-18(15)17(21)23-12-13-7-5-4-6-8-13/h4-8,14-15,19H,2-3,9-12H2,1H3/t14-,15+/m1/s1. The molecule has 1 heterocycles. The van der Waals surface area contributed by atoms with Crippen LogP contribution in [0.25, 0.3) is 0 Å². The lowest BCUT2D eigenvalue weighted by Crippen LogP contribution is -2.41. The van der Waals surface area contributed by atoms with Gasteiger partial charge in [0.25, 0.3) is 0 Å². The topological polar surface area (TPSA) is 76.1 Å².